The smallest absolute Gasteiger partial charge is 0.402 e. The van der Waals surface area contributed by atoms with E-state index in [4.69, 9.17) is 19.0 Å². The standard InChI is InChI=1S/C18H18F3N3O14P2/c19-18(20,21)36-10-3-1-2-8-9(22-37-15(8)10)6-24-12(25)4-5-23(17(24)28)16-14(27)13(26)11(35-16)7-34-40(32,33)38-39(29,30)31/h1-5,11,13-14,16,26-27H,6-7H2,(H,32,33)(H2,29,30,31)/t11-,13?,14?,16-/m1/s1. The molecule has 40 heavy (non-hydrogen) atoms. The van der Waals surface area contributed by atoms with E-state index in [1.165, 1.54) is 12.1 Å². The van der Waals surface area contributed by atoms with Crippen LogP contribution in [0.4, 0.5) is 13.2 Å². The van der Waals surface area contributed by atoms with Crippen LogP contribution >= 0.6 is 15.6 Å². The molecule has 3 aromatic rings. The SMILES string of the molecule is O=c1ccn([C@@H]2O[C@H](COP(=O)(O)OP(=O)(O)O)C(O)C2O)c(=O)n1Cc1noc2c(OC(F)(F)F)cccc12. The van der Waals surface area contributed by atoms with Gasteiger partial charge in [-0.3, -0.25) is 18.5 Å². The highest BCUT2D eigenvalue weighted by Gasteiger charge is 2.46. The van der Waals surface area contributed by atoms with Gasteiger partial charge in [0.1, 0.15) is 24.0 Å². The van der Waals surface area contributed by atoms with Crippen molar-refractivity contribution in [1.82, 2.24) is 14.3 Å². The number of aliphatic hydroxyl groups excluding tert-OH is 2. The van der Waals surface area contributed by atoms with E-state index in [9.17, 15) is 47.0 Å². The third kappa shape index (κ3) is 6.69. The number of hydrogen-bond donors (Lipinski definition) is 5. The van der Waals surface area contributed by atoms with E-state index in [1.807, 2.05) is 0 Å². The van der Waals surface area contributed by atoms with Crippen LogP contribution in [0.1, 0.15) is 11.9 Å². The summed E-state index contributed by atoms with van der Waals surface area (Å²) < 4.78 is 83.8. The molecule has 0 saturated carbocycles. The minimum atomic E-state index is -5.44. The lowest BCUT2D eigenvalue weighted by Crippen LogP contribution is -2.43. The van der Waals surface area contributed by atoms with Gasteiger partial charge < -0.3 is 38.9 Å². The van der Waals surface area contributed by atoms with Gasteiger partial charge in [0.15, 0.2) is 12.0 Å². The quantitative estimate of drug-likeness (QED) is 0.197. The predicted molar refractivity (Wildman–Crippen MR) is 120 cm³/mol. The van der Waals surface area contributed by atoms with Crippen molar-refractivity contribution in [3.05, 3.63) is 57.0 Å². The molecule has 1 aliphatic heterocycles. The Kier molecular flexibility index (Phi) is 8.14. The number of fused-ring (bicyclic) bond motifs is 1. The zero-order chi connectivity index (χ0) is 29.6. The fourth-order valence-corrected chi connectivity index (χ4v) is 5.35. The van der Waals surface area contributed by atoms with Crippen LogP contribution in [0.2, 0.25) is 0 Å². The number of aromatic nitrogens is 3. The molecule has 0 aliphatic carbocycles. The van der Waals surface area contributed by atoms with Gasteiger partial charge in [0.05, 0.1) is 18.5 Å². The maximum atomic E-state index is 13.1. The van der Waals surface area contributed by atoms with Crippen LogP contribution < -0.4 is 16.0 Å². The summed E-state index contributed by atoms with van der Waals surface area (Å²) >= 11 is 0. The van der Waals surface area contributed by atoms with Crippen molar-refractivity contribution in [3.63, 3.8) is 0 Å². The molecule has 5 atom stereocenters. The summed E-state index contributed by atoms with van der Waals surface area (Å²) in [7, 11) is -10.8. The molecule has 1 fully saturated rings. The summed E-state index contributed by atoms with van der Waals surface area (Å²) in [6.45, 7) is -1.66. The zero-order valence-electron chi connectivity index (χ0n) is 19.4. The van der Waals surface area contributed by atoms with Gasteiger partial charge in [-0.1, -0.05) is 11.2 Å². The number of rotatable bonds is 9. The molecule has 220 valence electrons. The van der Waals surface area contributed by atoms with E-state index in [2.05, 4.69) is 18.7 Å². The minimum Gasteiger partial charge on any atom is -0.402 e. The summed E-state index contributed by atoms with van der Waals surface area (Å²) in [6, 6.07) is 4.32. The predicted octanol–water partition coefficient (Wildman–Crippen LogP) is -0.0564. The Balaban J connectivity index is 1.58. The van der Waals surface area contributed by atoms with E-state index in [0.717, 1.165) is 18.3 Å². The van der Waals surface area contributed by atoms with Crippen LogP contribution in [0.25, 0.3) is 11.0 Å². The summed E-state index contributed by atoms with van der Waals surface area (Å²) in [4.78, 5) is 52.3. The maximum absolute atomic E-state index is 13.1. The lowest BCUT2D eigenvalue weighted by Gasteiger charge is -2.19. The van der Waals surface area contributed by atoms with Crippen LogP contribution in [0.5, 0.6) is 5.75 Å². The lowest BCUT2D eigenvalue weighted by atomic mass is 10.1. The molecular weight excluding hydrogens is 601 g/mol. The number of ether oxygens (including phenoxy) is 2. The van der Waals surface area contributed by atoms with Gasteiger partial charge >= 0.3 is 27.7 Å². The minimum absolute atomic E-state index is 0.0146. The molecule has 0 amide bonds. The average molecular weight is 619 g/mol. The number of para-hydroxylation sites is 1. The molecule has 4 rings (SSSR count). The van der Waals surface area contributed by atoms with Gasteiger partial charge in [0, 0.05) is 12.3 Å². The zero-order valence-corrected chi connectivity index (χ0v) is 21.2. The van der Waals surface area contributed by atoms with Crippen LogP contribution in [0.15, 0.2) is 44.6 Å². The molecule has 3 unspecified atom stereocenters. The molecule has 0 spiro atoms. The number of halogens is 3. The lowest BCUT2D eigenvalue weighted by molar-refractivity contribution is -0.274. The summed E-state index contributed by atoms with van der Waals surface area (Å²) in [5, 5.41) is 24.3. The molecule has 3 heterocycles. The first-order valence-corrected chi connectivity index (χ1v) is 13.7. The van der Waals surface area contributed by atoms with Crippen molar-refractivity contribution in [2.45, 2.75) is 37.4 Å². The first-order chi connectivity index (χ1) is 18.5. The Morgan fingerprint density at radius 3 is 2.42 bits per heavy atom. The molecule has 2 aromatic heterocycles. The second-order valence-electron chi connectivity index (χ2n) is 8.12. The van der Waals surface area contributed by atoms with E-state index in [0.29, 0.717) is 9.13 Å². The second-order valence-corrected chi connectivity index (χ2v) is 11.0. The first kappa shape index (κ1) is 30.1. The number of phosphoric acid groups is 2. The highest BCUT2D eigenvalue weighted by atomic mass is 31.3. The molecule has 1 aromatic carbocycles. The van der Waals surface area contributed by atoms with Gasteiger partial charge in [-0.2, -0.15) is 4.31 Å². The van der Waals surface area contributed by atoms with Crippen molar-refractivity contribution in [2.75, 3.05) is 6.61 Å². The third-order valence-electron chi connectivity index (χ3n) is 5.39. The summed E-state index contributed by atoms with van der Waals surface area (Å²) in [5.74, 6) is -0.718. The van der Waals surface area contributed by atoms with E-state index in [1.54, 1.807) is 0 Å². The Morgan fingerprint density at radius 1 is 1.07 bits per heavy atom. The molecule has 0 bridgehead atoms. The largest absolute Gasteiger partial charge is 0.573 e. The summed E-state index contributed by atoms with van der Waals surface area (Å²) in [6.07, 6.45) is -11.2. The first-order valence-electron chi connectivity index (χ1n) is 10.7. The molecule has 1 saturated heterocycles. The van der Waals surface area contributed by atoms with Gasteiger partial charge in [-0.05, 0) is 12.1 Å². The molecule has 0 radical (unpaired) electrons. The average Bonchev–Trinajstić information content (AvgIpc) is 3.35. The van der Waals surface area contributed by atoms with Gasteiger partial charge in [-0.15, -0.1) is 13.2 Å². The van der Waals surface area contributed by atoms with Crippen LogP contribution in [0, 0.1) is 0 Å². The van der Waals surface area contributed by atoms with E-state index >= 15 is 0 Å². The van der Waals surface area contributed by atoms with E-state index < -0.39 is 82.3 Å². The number of benzene rings is 1. The van der Waals surface area contributed by atoms with Crippen LogP contribution in [-0.4, -0.2) is 70.5 Å². The highest BCUT2D eigenvalue weighted by molar-refractivity contribution is 7.60. The van der Waals surface area contributed by atoms with Crippen molar-refractivity contribution >= 4 is 26.6 Å². The fraction of sp³-hybridized carbons (Fsp3) is 0.389. The van der Waals surface area contributed by atoms with Crippen molar-refractivity contribution < 1.29 is 70.0 Å². The topological polar surface area (TPSA) is 242 Å². The third-order valence-corrected chi connectivity index (χ3v) is 7.54. The Hall–Kier alpha value is -2.90. The van der Waals surface area contributed by atoms with Crippen LogP contribution in [0.3, 0.4) is 0 Å². The number of alkyl halides is 3. The fourth-order valence-electron chi connectivity index (χ4n) is 3.75. The highest BCUT2D eigenvalue weighted by Crippen LogP contribution is 2.57. The van der Waals surface area contributed by atoms with Gasteiger partial charge in [0.2, 0.25) is 5.58 Å². The molecule has 22 heteroatoms. The Morgan fingerprint density at radius 2 is 1.77 bits per heavy atom. The Bertz CT molecular complexity index is 1610. The monoisotopic (exact) mass is 619 g/mol. The molecule has 5 N–H and O–H groups in total. The number of aliphatic hydroxyl groups is 2. The number of hydrogen-bond acceptors (Lipinski definition) is 12. The van der Waals surface area contributed by atoms with Crippen molar-refractivity contribution in [1.29, 1.82) is 0 Å². The normalized spacial score (nSPS) is 23.4. The maximum Gasteiger partial charge on any atom is 0.573 e. The molecular formula is C18H18F3N3O14P2. The van der Waals surface area contributed by atoms with Gasteiger partial charge in [-0.25, -0.2) is 13.9 Å². The number of phosphoric ester groups is 1. The Labute approximate surface area is 218 Å². The molecule has 1 aliphatic rings. The molecule has 17 nitrogen and oxygen atoms in total. The number of nitrogens with zero attached hydrogens (tertiary/aromatic N) is 3. The summed E-state index contributed by atoms with van der Waals surface area (Å²) in [5.41, 5.74) is -2.59. The second kappa shape index (κ2) is 10.8. The van der Waals surface area contributed by atoms with Crippen molar-refractivity contribution in [2.24, 2.45) is 0 Å². The van der Waals surface area contributed by atoms with Crippen molar-refractivity contribution in [3.8, 4) is 5.75 Å². The van der Waals surface area contributed by atoms with Crippen LogP contribution in [-0.2, 0) is 29.2 Å². The van der Waals surface area contributed by atoms with Gasteiger partial charge in [0.25, 0.3) is 5.56 Å². The van der Waals surface area contributed by atoms with E-state index in [-0.39, 0.29) is 11.1 Å².